The van der Waals surface area contributed by atoms with Crippen LogP contribution in [0.1, 0.15) is 11.1 Å². The van der Waals surface area contributed by atoms with Crippen LogP contribution < -0.4 is 0 Å². The summed E-state index contributed by atoms with van der Waals surface area (Å²) in [5.41, 5.74) is -0.125. The number of rotatable bonds is 0. The molecule has 0 saturated heterocycles. The van der Waals surface area contributed by atoms with E-state index in [1.54, 1.807) is 20.2 Å². The number of nitrogens with zero attached hydrogens (tertiary/aromatic N) is 1. The number of halogens is 4. The summed E-state index contributed by atoms with van der Waals surface area (Å²) in [5.74, 6) is -0.847. The van der Waals surface area contributed by atoms with Gasteiger partial charge in [0.1, 0.15) is 5.82 Å². The first-order valence-corrected chi connectivity index (χ1v) is 4.63. The van der Waals surface area contributed by atoms with E-state index in [4.69, 9.17) is 0 Å². The van der Waals surface area contributed by atoms with Gasteiger partial charge in [-0.15, -0.1) is 0 Å². The molecule has 0 unspecified atom stereocenters. The third kappa shape index (κ3) is 1.56. The summed E-state index contributed by atoms with van der Waals surface area (Å²) in [5, 5.41) is 0.301. The lowest BCUT2D eigenvalue weighted by Gasteiger charge is -2.08. The predicted molar refractivity (Wildman–Crippen MR) is 52.6 cm³/mol. The van der Waals surface area contributed by atoms with Gasteiger partial charge >= 0.3 is 6.18 Å². The van der Waals surface area contributed by atoms with Crippen molar-refractivity contribution in [1.82, 2.24) is 4.57 Å². The highest BCUT2D eigenvalue weighted by Crippen LogP contribution is 2.34. The zero-order valence-electron chi connectivity index (χ0n) is 8.69. The van der Waals surface area contributed by atoms with Gasteiger partial charge in [-0.2, -0.15) is 13.2 Å². The van der Waals surface area contributed by atoms with Crippen molar-refractivity contribution < 1.29 is 17.6 Å². The minimum Gasteiger partial charge on any atom is -0.348 e. The molecule has 1 nitrogen and oxygen atoms in total. The standard InChI is InChI=1S/C11H9F4N/c1-6-5-16(2)10-8(6)3-7(4-9(10)12)11(13,14)15/h3-5H,1-2H3. The quantitative estimate of drug-likeness (QED) is 0.610. The highest BCUT2D eigenvalue weighted by atomic mass is 19.4. The van der Waals surface area contributed by atoms with E-state index >= 15 is 0 Å². The molecule has 1 aromatic carbocycles. The van der Waals surface area contributed by atoms with Crippen LogP contribution in [-0.2, 0) is 13.2 Å². The molecule has 0 aliphatic carbocycles. The number of benzene rings is 1. The maximum absolute atomic E-state index is 13.5. The average Bonchev–Trinajstić information content (AvgIpc) is 2.41. The van der Waals surface area contributed by atoms with Crippen LogP contribution in [0.2, 0.25) is 0 Å². The minimum absolute atomic E-state index is 0.200. The molecule has 0 fully saturated rings. The fourth-order valence-corrected chi connectivity index (χ4v) is 1.85. The number of aryl methyl sites for hydroxylation is 2. The van der Waals surface area contributed by atoms with Crippen molar-refractivity contribution in [3.05, 3.63) is 35.3 Å². The van der Waals surface area contributed by atoms with Crippen LogP contribution in [0.25, 0.3) is 10.9 Å². The van der Waals surface area contributed by atoms with Crippen LogP contribution in [0, 0.1) is 12.7 Å². The summed E-state index contributed by atoms with van der Waals surface area (Å²) in [6, 6.07) is 1.51. The zero-order valence-corrected chi connectivity index (χ0v) is 8.69. The molecular formula is C11H9F4N. The Bertz CT molecular complexity index is 551. The third-order valence-corrected chi connectivity index (χ3v) is 2.56. The van der Waals surface area contributed by atoms with Crippen molar-refractivity contribution in [2.24, 2.45) is 7.05 Å². The maximum Gasteiger partial charge on any atom is 0.416 e. The van der Waals surface area contributed by atoms with Crippen LogP contribution in [0.5, 0.6) is 0 Å². The normalized spacial score (nSPS) is 12.4. The van der Waals surface area contributed by atoms with E-state index in [0.717, 1.165) is 6.07 Å². The number of hydrogen-bond donors (Lipinski definition) is 0. The monoisotopic (exact) mass is 231 g/mol. The van der Waals surface area contributed by atoms with Crippen molar-refractivity contribution in [2.75, 3.05) is 0 Å². The van der Waals surface area contributed by atoms with Crippen LogP contribution in [0.4, 0.5) is 17.6 Å². The fraction of sp³-hybridized carbons (Fsp3) is 0.273. The molecule has 0 N–H and O–H groups in total. The largest absolute Gasteiger partial charge is 0.416 e. The smallest absolute Gasteiger partial charge is 0.348 e. The number of hydrogen-bond acceptors (Lipinski definition) is 0. The van der Waals surface area contributed by atoms with Crippen LogP contribution in [-0.4, -0.2) is 4.57 Å². The molecule has 0 amide bonds. The number of fused-ring (bicyclic) bond motifs is 1. The first-order chi connectivity index (χ1) is 7.30. The molecule has 1 heterocycles. The van der Waals surface area contributed by atoms with Gasteiger partial charge in [-0.05, 0) is 24.6 Å². The van der Waals surface area contributed by atoms with Crippen molar-refractivity contribution in [1.29, 1.82) is 0 Å². The van der Waals surface area contributed by atoms with Gasteiger partial charge in [0.05, 0.1) is 11.1 Å². The summed E-state index contributed by atoms with van der Waals surface area (Å²) in [6.07, 6.45) is -2.91. The van der Waals surface area contributed by atoms with E-state index in [9.17, 15) is 17.6 Å². The van der Waals surface area contributed by atoms with E-state index in [-0.39, 0.29) is 5.52 Å². The number of alkyl halides is 3. The molecule has 2 aromatic rings. The predicted octanol–water partition coefficient (Wildman–Crippen LogP) is 3.64. The van der Waals surface area contributed by atoms with Gasteiger partial charge in [0.15, 0.2) is 0 Å². The topological polar surface area (TPSA) is 4.93 Å². The third-order valence-electron chi connectivity index (χ3n) is 2.56. The molecule has 0 spiro atoms. The molecule has 1 aromatic heterocycles. The summed E-state index contributed by atoms with van der Waals surface area (Å²) >= 11 is 0. The molecule has 0 atom stereocenters. The molecule has 2 rings (SSSR count). The van der Waals surface area contributed by atoms with E-state index in [0.29, 0.717) is 17.0 Å². The van der Waals surface area contributed by atoms with E-state index in [2.05, 4.69) is 0 Å². The average molecular weight is 231 g/mol. The van der Waals surface area contributed by atoms with Gasteiger partial charge in [0.25, 0.3) is 0 Å². The Morgan fingerprint density at radius 2 is 1.81 bits per heavy atom. The van der Waals surface area contributed by atoms with Gasteiger partial charge in [-0.25, -0.2) is 4.39 Å². The summed E-state index contributed by atoms with van der Waals surface area (Å²) in [6.45, 7) is 1.65. The Morgan fingerprint density at radius 1 is 1.19 bits per heavy atom. The number of aromatic nitrogens is 1. The molecule has 0 saturated carbocycles. The first kappa shape index (κ1) is 11.0. The Balaban J connectivity index is 2.82. The molecule has 0 bridgehead atoms. The van der Waals surface area contributed by atoms with Gasteiger partial charge in [-0.3, -0.25) is 0 Å². The molecule has 0 radical (unpaired) electrons. The Hall–Kier alpha value is -1.52. The summed E-state index contributed by atoms with van der Waals surface area (Å²) in [4.78, 5) is 0. The SMILES string of the molecule is Cc1cn(C)c2c(F)cc(C(F)(F)F)cc12. The minimum atomic E-state index is -4.52. The highest BCUT2D eigenvalue weighted by Gasteiger charge is 2.32. The maximum atomic E-state index is 13.5. The molecule has 86 valence electrons. The van der Waals surface area contributed by atoms with Crippen molar-refractivity contribution in [3.63, 3.8) is 0 Å². The lowest BCUT2D eigenvalue weighted by Crippen LogP contribution is -2.05. The van der Waals surface area contributed by atoms with E-state index in [1.807, 2.05) is 0 Å². The zero-order chi connectivity index (χ0) is 12.1. The second-order valence-electron chi connectivity index (χ2n) is 3.78. The lowest BCUT2D eigenvalue weighted by molar-refractivity contribution is -0.137. The van der Waals surface area contributed by atoms with Gasteiger partial charge < -0.3 is 4.57 Å². The summed E-state index contributed by atoms with van der Waals surface area (Å²) < 4.78 is 52.4. The Kier molecular flexibility index (Phi) is 2.22. The van der Waals surface area contributed by atoms with Crippen molar-refractivity contribution >= 4 is 10.9 Å². The van der Waals surface area contributed by atoms with Crippen LogP contribution >= 0.6 is 0 Å². The van der Waals surface area contributed by atoms with Crippen LogP contribution in [0.3, 0.4) is 0 Å². The molecular weight excluding hydrogens is 222 g/mol. The van der Waals surface area contributed by atoms with Crippen molar-refractivity contribution in [3.8, 4) is 0 Å². The van der Waals surface area contributed by atoms with E-state index in [1.165, 1.54) is 4.57 Å². The van der Waals surface area contributed by atoms with Gasteiger partial charge in [-0.1, -0.05) is 0 Å². The molecule has 0 aliphatic rings. The second-order valence-corrected chi connectivity index (χ2v) is 3.78. The molecule has 16 heavy (non-hydrogen) atoms. The van der Waals surface area contributed by atoms with Crippen LogP contribution in [0.15, 0.2) is 18.3 Å². The van der Waals surface area contributed by atoms with Gasteiger partial charge in [0.2, 0.25) is 0 Å². The second kappa shape index (κ2) is 3.23. The lowest BCUT2D eigenvalue weighted by atomic mass is 10.1. The Morgan fingerprint density at radius 3 is 2.38 bits per heavy atom. The fourth-order valence-electron chi connectivity index (χ4n) is 1.85. The summed E-state index contributed by atoms with van der Waals surface area (Å²) in [7, 11) is 1.60. The molecule has 5 heteroatoms. The molecule has 0 aliphatic heterocycles. The first-order valence-electron chi connectivity index (χ1n) is 4.63. The Labute approximate surface area is 89.3 Å². The van der Waals surface area contributed by atoms with E-state index < -0.39 is 17.6 Å². The van der Waals surface area contributed by atoms with Gasteiger partial charge in [0, 0.05) is 18.6 Å². The van der Waals surface area contributed by atoms with Crippen molar-refractivity contribution in [2.45, 2.75) is 13.1 Å². The highest BCUT2D eigenvalue weighted by molar-refractivity contribution is 5.85.